The third kappa shape index (κ3) is 5.61. The van der Waals surface area contributed by atoms with Crippen molar-refractivity contribution in [3.8, 4) is 0 Å². The molecule has 178 valence electrons. The minimum Gasteiger partial charge on any atom is -0.376 e. The van der Waals surface area contributed by atoms with Gasteiger partial charge in [-0.15, -0.1) is 0 Å². The average Bonchev–Trinajstić information content (AvgIpc) is 3.39. The first-order valence-corrected chi connectivity index (χ1v) is 12.8. The van der Waals surface area contributed by atoms with Gasteiger partial charge in [-0.2, -0.15) is 0 Å². The summed E-state index contributed by atoms with van der Waals surface area (Å²) in [7, 11) is 0. The first kappa shape index (κ1) is 23.7. The minimum absolute atomic E-state index is 0.0629. The normalized spacial score (nSPS) is 18.5. The second kappa shape index (κ2) is 10.7. The Morgan fingerprint density at radius 1 is 1.11 bits per heavy atom. The van der Waals surface area contributed by atoms with Crippen LogP contribution in [0.5, 0.6) is 0 Å². The first-order valence-electron chi connectivity index (χ1n) is 11.6. The zero-order valence-electron chi connectivity index (χ0n) is 19.1. The lowest BCUT2D eigenvalue weighted by Gasteiger charge is -2.30. The molecule has 2 heterocycles. The smallest absolute Gasteiger partial charge is 0.265 e. The molecule has 2 aliphatic heterocycles. The molecule has 1 atom stereocenters. The molecule has 0 spiro atoms. The average molecular weight is 505 g/mol. The molecule has 2 aliphatic rings. The van der Waals surface area contributed by atoms with Gasteiger partial charge < -0.3 is 15.0 Å². The number of carbonyl (C=O) groups is 2. The molecule has 7 heteroatoms. The van der Waals surface area contributed by atoms with Crippen molar-refractivity contribution in [2.75, 3.05) is 18.1 Å². The minimum atomic E-state index is -0.121. The Hall–Kier alpha value is -3.06. The summed E-state index contributed by atoms with van der Waals surface area (Å²) in [5, 5.41) is 3.58. The van der Waals surface area contributed by atoms with Crippen molar-refractivity contribution in [3.05, 3.63) is 99.4 Å². The maximum absolute atomic E-state index is 13.5. The molecule has 1 saturated heterocycles. The Morgan fingerprint density at radius 2 is 1.94 bits per heavy atom. The van der Waals surface area contributed by atoms with E-state index in [2.05, 4.69) is 5.32 Å². The third-order valence-corrected chi connectivity index (χ3v) is 7.36. The van der Waals surface area contributed by atoms with Crippen molar-refractivity contribution >= 4 is 46.9 Å². The molecular formula is C28H25ClN2O3S. The summed E-state index contributed by atoms with van der Waals surface area (Å²) in [4.78, 5) is 29.4. The Bertz CT molecular complexity index is 1270. The summed E-state index contributed by atoms with van der Waals surface area (Å²) in [5.41, 5.74) is 3.29. The van der Waals surface area contributed by atoms with E-state index in [1.54, 1.807) is 17.0 Å². The zero-order valence-corrected chi connectivity index (χ0v) is 20.6. The standard InChI is InChI=1S/C28H25ClN2O3S/c29-22-6-3-5-20(15-22)18-31-24-8-1-2-9-25(24)35-26(28(31)33)16-19-10-12-21(13-11-19)27(32)30-17-23-7-4-14-34-23/h1-3,5-6,8-13,15-16,23H,4,7,14,17-18H2,(H,30,32)/b26-16-. The summed E-state index contributed by atoms with van der Waals surface area (Å²) in [6.45, 7) is 1.72. The number of thioether (sulfide) groups is 1. The van der Waals surface area contributed by atoms with Crippen molar-refractivity contribution in [2.24, 2.45) is 0 Å². The lowest BCUT2D eigenvalue weighted by atomic mass is 10.1. The highest BCUT2D eigenvalue weighted by atomic mass is 35.5. The second-order valence-corrected chi connectivity index (χ2v) is 10.1. The van der Waals surface area contributed by atoms with Crippen LogP contribution < -0.4 is 10.2 Å². The highest BCUT2D eigenvalue weighted by molar-refractivity contribution is 8.04. The zero-order chi connectivity index (χ0) is 24.2. The van der Waals surface area contributed by atoms with Crippen molar-refractivity contribution in [2.45, 2.75) is 30.4 Å². The van der Waals surface area contributed by atoms with E-state index in [9.17, 15) is 9.59 Å². The fourth-order valence-electron chi connectivity index (χ4n) is 4.23. The van der Waals surface area contributed by atoms with Gasteiger partial charge in [0.2, 0.25) is 0 Å². The van der Waals surface area contributed by atoms with Gasteiger partial charge in [0.05, 0.1) is 23.2 Å². The molecule has 1 fully saturated rings. The van der Waals surface area contributed by atoms with E-state index in [1.807, 2.05) is 66.7 Å². The van der Waals surface area contributed by atoms with Crippen LogP contribution in [0.4, 0.5) is 5.69 Å². The summed E-state index contributed by atoms with van der Waals surface area (Å²) in [5.74, 6) is -0.184. The van der Waals surface area contributed by atoms with Gasteiger partial charge in [0.25, 0.3) is 11.8 Å². The van der Waals surface area contributed by atoms with E-state index in [0.29, 0.717) is 28.6 Å². The highest BCUT2D eigenvalue weighted by Gasteiger charge is 2.29. The number of hydrogen-bond acceptors (Lipinski definition) is 4. The van der Waals surface area contributed by atoms with Crippen LogP contribution in [0, 0.1) is 0 Å². The van der Waals surface area contributed by atoms with E-state index in [-0.39, 0.29) is 17.9 Å². The van der Waals surface area contributed by atoms with Gasteiger partial charge in [0, 0.05) is 28.6 Å². The van der Waals surface area contributed by atoms with Crippen LogP contribution in [0.1, 0.15) is 34.3 Å². The number of rotatable bonds is 6. The number of hydrogen-bond donors (Lipinski definition) is 1. The molecule has 0 aromatic heterocycles. The van der Waals surface area contributed by atoms with E-state index < -0.39 is 0 Å². The molecule has 0 radical (unpaired) electrons. The van der Waals surface area contributed by atoms with E-state index in [1.165, 1.54) is 11.8 Å². The number of fused-ring (bicyclic) bond motifs is 1. The van der Waals surface area contributed by atoms with E-state index in [4.69, 9.17) is 16.3 Å². The topological polar surface area (TPSA) is 58.6 Å². The number of nitrogens with one attached hydrogen (secondary N) is 1. The molecule has 0 saturated carbocycles. The maximum atomic E-state index is 13.5. The summed E-state index contributed by atoms with van der Waals surface area (Å²) < 4.78 is 5.56. The van der Waals surface area contributed by atoms with Gasteiger partial charge in [0.15, 0.2) is 0 Å². The van der Waals surface area contributed by atoms with Crippen molar-refractivity contribution in [1.29, 1.82) is 0 Å². The van der Waals surface area contributed by atoms with Crippen LogP contribution in [-0.2, 0) is 16.1 Å². The predicted molar refractivity (Wildman–Crippen MR) is 141 cm³/mol. The number of carbonyl (C=O) groups excluding carboxylic acids is 2. The van der Waals surface area contributed by atoms with Gasteiger partial charge in [-0.3, -0.25) is 9.59 Å². The Balaban J connectivity index is 1.34. The molecule has 1 N–H and O–H groups in total. The Kier molecular flexibility index (Phi) is 7.23. The monoisotopic (exact) mass is 504 g/mol. The SMILES string of the molecule is O=C(NCC1CCCO1)c1ccc(/C=C2\Sc3ccccc3N(Cc3cccc(Cl)c3)C2=O)cc1. The maximum Gasteiger partial charge on any atom is 0.265 e. The fourth-order valence-corrected chi connectivity index (χ4v) is 5.50. The summed E-state index contributed by atoms with van der Waals surface area (Å²) >= 11 is 7.63. The van der Waals surface area contributed by atoms with Crippen molar-refractivity contribution in [1.82, 2.24) is 5.32 Å². The van der Waals surface area contributed by atoms with Crippen LogP contribution in [-0.4, -0.2) is 31.1 Å². The second-order valence-electron chi connectivity index (χ2n) is 8.57. The molecule has 5 nitrogen and oxygen atoms in total. The first-order chi connectivity index (χ1) is 17.1. The highest BCUT2D eigenvalue weighted by Crippen LogP contribution is 2.42. The third-order valence-electron chi connectivity index (χ3n) is 6.05. The molecule has 35 heavy (non-hydrogen) atoms. The number of benzene rings is 3. The molecule has 3 aromatic rings. The van der Waals surface area contributed by atoms with Gasteiger partial charge in [0.1, 0.15) is 0 Å². The lowest BCUT2D eigenvalue weighted by Crippen LogP contribution is -2.33. The molecule has 2 amide bonds. The predicted octanol–water partition coefficient (Wildman–Crippen LogP) is 5.93. The summed E-state index contributed by atoms with van der Waals surface area (Å²) in [6.07, 6.45) is 4.01. The Labute approximate surface area is 214 Å². The van der Waals surface area contributed by atoms with Crippen LogP contribution in [0.2, 0.25) is 5.02 Å². The van der Waals surface area contributed by atoms with Gasteiger partial charge in [-0.05, 0) is 66.4 Å². The summed E-state index contributed by atoms with van der Waals surface area (Å²) in [6, 6.07) is 22.8. The lowest BCUT2D eigenvalue weighted by molar-refractivity contribution is -0.114. The Morgan fingerprint density at radius 3 is 2.71 bits per heavy atom. The number of para-hydroxylation sites is 1. The van der Waals surface area contributed by atoms with Crippen molar-refractivity contribution in [3.63, 3.8) is 0 Å². The van der Waals surface area contributed by atoms with Crippen LogP contribution in [0.3, 0.4) is 0 Å². The van der Waals surface area contributed by atoms with Crippen LogP contribution >= 0.6 is 23.4 Å². The van der Waals surface area contributed by atoms with Gasteiger partial charge >= 0.3 is 0 Å². The molecule has 1 unspecified atom stereocenters. The van der Waals surface area contributed by atoms with Crippen LogP contribution in [0.25, 0.3) is 6.08 Å². The molecular weight excluding hydrogens is 480 g/mol. The number of halogens is 1. The number of anilines is 1. The molecule has 0 bridgehead atoms. The number of ether oxygens (including phenoxy) is 1. The number of nitrogens with zero attached hydrogens (tertiary/aromatic N) is 1. The van der Waals surface area contributed by atoms with Crippen LogP contribution in [0.15, 0.2) is 82.6 Å². The van der Waals surface area contributed by atoms with Gasteiger partial charge in [-0.1, -0.05) is 59.8 Å². The van der Waals surface area contributed by atoms with Crippen molar-refractivity contribution < 1.29 is 14.3 Å². The van der Waals surface area contributed by atoms with E-state index >= 15 is 0 Å². The quantitative estimate of drug-likeness (QED) is 0.423. The molecule has 0 aliphatic carbocycles. The van der Waals surface area contributed by atoms with E-state index in [0.717, 1.165) is 41.2 Å². The molecule has 3 aromatic carbocycles. The fraction of sp³-hybridized carbons (Fsp3) is 0.214. The number of amides is 2. The molecule has 5 rings (SSSR count). The van der Waals surface area contributed by atoms with Gasteiger partial charge in [-0.25, -0.2) is 0 Å². The largest absolute Gasteiger partial charge is 0.376 e.